The van der Waals surface area contributed by atoms with Crippen LogP contribution in [-0.2, 0) is 4.79 Å². The molecule has 3 rings (SSSR count). The summed E-state index contributed by atoms with van der Waals surface area (Å²) in [7, 11) is 0. The molecule has 1 aliphatic heterocycles. The fraction of sp³-hybridized carbons (Fsp3) is 0.333. The molecule has 120 valence electrons. The van der Waals surface area contributed by atoms with Crippen molar-refractivity contribution in [3.63, 3.8) is 0 Å². The Bertz CT molecular complexity index is 719. The molecule has 1 aromatic heterocycles. The zero-order valence-electron chi connectivity index (χ0n) is 13.6. The molecule has 1 aromatic carbocycles. The molecule has 1 aliphatic rings. The van der Waals surface area contributed by atoms with Crippen LogP contribution in [0.1, 0.15) is 27.7 Å². The number of hydrogen-bond donors (Lipinski definition) is 0. The predicted molar refractivity (Wildman–Crippen MR) is 93.1 cm³/mol. The third-order valence-corrected chi connectivity index (χ3v) is 5.02. The number of hydrogen-bond acceptors (Lipinski definition) is 3. The molecule has 0 N–H and O–H groups in total. The number of rotatable bonds is 2. The lowest BCUT2D eigenvalue weighted by atomic mass is 10.1. The van der Waals surface area contributed by atoms with Crippen LogP contribution in [0.2, 0.25) is 0 Å². The van der Waals surface area contributed by atoms with Gasteiger partial charge in [0.2, 0.25) is 5.91 Å². The van der Waals surface area contributed by atoms with Gasteiger partial charge in [-0.25, -0.2) is 0 Å². The first-order valence-corrected chi connectivity index (χ1v) is 8.59. The molecule has 1 atom stereocenters. The van der Waals surface area contributed by atoms with E-state index < -0.39 is 6.04 Å². The van der Waals surface area contributed by atoms with Crippen LogP contribution in [0.25, 0.3) is 0 Å². The lowest BCUT2D eigenvalue weighted by Gasteiger charge is -2.39. The molecule has 0 unspecified atom stereocenters. The van der Waals surface area contributed by atoms with E-state index in [4.69, 9.17) is 0 Å². The normalized spacial score (nSPS) is 18.4. The van der Waals surface area contributed by atoms with E-state index in [0.717, 1.165) is 16.8 Å². The van der Waals surface area contributed by atoms with Crippen molar-refractivity contribution in [2.45, 2.75) is 26.8 Å². The van der Waals surface area contributed by atoms with Crippen molar-refractivity contribution in [2.75, 3.05) is 18.0 Å². The van der Waals surface area contributed by atoms with Gasteiger partial charge in [0.15, 0.2) is 0 Å². The molecule has 4 nitrogen and oxygen atoms in total. The van der Waals surface area contributed by atoms with E-state index in [0.29, 0.717) is 18.0 Å². The number of benzene rings is 1. The van der Waals surface area contributed by atoms with Crippen molar-refractivity contribution >= 4 is 28.8 Å². The molecule has 0 bridgehead atoms. The molecule has 23 heavy (non-hydrogen) atoms. The Morgan fingerprint density at radius 2 is 1.87 bits per heavy atom. The number of thiophene rings is 1. The monoisotopic (exact) mass is 328 g/mol. The number of carbonyl (C=O) groups is 2. The van der Waals surface area contributed by atoms with E-state index in [9.17, 15) is 9.59 Å². The Hall–Kier alpha value is -2.14. The number of carbonyl (C=O) groups excluding carboxylic acids is 2. The average molecular weight is 328 g/mol. The van der Waals surface area contributed by atoms with E-state index in [1.54, 1.807) is 15.9 Å². The average Bonchev–Trinajstić information content (AvgIpc) is 3.02. The van der Waals surface area contributed by atoms with Crippen LogP contribution in [0.15, 0.2) is 35.7 Å². The highest BCUT2D eigenvalue weighted by Gasteiger charge is 2.35. The molecule has 0 radical (unpaired) electrons. The lowest BCUT2D eigenvalue weighted by molar-refractivity contribution is -0.124. The van der Waals surface area contributed by atoms with E-state index in [-0.39, 0.29) is 11.8 Å². The molecular formula is C18H20N2O2S. The molecule has 1 saturated heterocycles. The van der Waals surface area contributed by atoms with Gasteiger partial charge < -0.3 is 9.80 Å². The number of piperazine rings is 1. The summed E-state index contributed by atoms with van der Waals surface area (Å²) in [6.45, 7) is 6.95. The maximum absolute atomic E-state index is 12.8. The maximum atomic E-state index is 12.8. The zero-order valence-corrected chi connectivity index (χ0v) is 14.4. The minimum absolute atomic E-state index is 0.0221. The first kappa shape index (κ1) is 15.7. The largest absolute Gasteiger partial charge is 0.324 e. The fourth-order valence-corrected chi connectivity index (χ4v) is 3.73. The summed E-state index contributed by atoms with van der Waals surface area (Å²) in [5, 5.41) is 1.88. The number of amides is 2. The van der Waals surface area contributed by atoms with Crippen molar-refractivity contribution in [2.24, 2.45) is 0 Å². The molecule has 2 aromatic rings. The van der Waals surface area contributed by atoms with Gasteiger partial charge >= 0.3 is 0 Å². The quantitative estimate of drug-likeness (QED) is 0.849. The minimum Gasteiger partial charge on any atom is -0.324 e. The summed E-state index contributed by atoms with van der Waals surface area (Å²) in [5.74, 6) is -0.0768. The van der Waals surface area contributed by atoms with Gasteiger partial charge in [-0.2, -0.15) is 0 Å². The van der Waals surface area contributed by atoms with Crippen molar-refractivity contribution in [1.29, 1.82) is 0 Å². The van der Waals surface area contributed by atoms with Crippen LogP contribution >= 0.6 is 11.3 Å². The van der Waals surface area contributed by atoms with Crippen molar-refractivity contribution in [1.82, 2.24) is 4.90 Å². The summed E-state index contributed by atoms with van der Waals surface area (Å²) >= 11 is 1.41. The molecule has 0 spiro atoms. The second kappa shape index (κ2) is 6.16. The van der Waals surface area contributed by atoms with Crippen LogP contribution in [0.5, 0.6) is 0 Å². The van der Waals surface area contributed by atoms with Crippen LogP contribution in [-0.4, -0.2) is 35.8 Å². The Kier molecular flexibility index (Phi) is 4.22. The highest BCUT2D eigenvalue weighted by Crippen LogP contribution is 2.24. The van der Waals surface area contributed by atoms with Gasteiger partial charge in [0.1, 0.15) is 6.04 Å². The van der Waals surface area contributed by atoms with Gasteiger partial charge in [-0.05, 0) is 55.5 Å². The van der Waals surface area contributed by atoms with Crippen LogP contribution in [0, 0.1) is 13.8 Å². The summed E-state index contributed by atoms with van der Waals surface area (Å²) in [6, 6.07) is 9.35. The summed E-state index contributed by atoms with van der Waals surface area (Å²) in [4.78, 5) is 29.5. The number of anilines is 1. The second-order valence-electron chi connectivity index (χ2n) is 5.99. The van der Waals surface area contributed by atoms with Gasteiger partial charge in [0.05, 0.1) is 4.88 Å². The predicted octanol–water partition coefficient (Wildman–Crippen LogP) is 3.24. The third kappa shape index (κ3) is 3.01. The van der Waals surface area contributed by atoms with E-state index in [2.05, 4.69) is 6.07 Å². The maximum Gasteiger partial charge on any atom is 0.264 e. The van der Waals surface area contributed by atoms with E-state index in [1.165, 1.54) is 11.3 Å². The third-order valence-electron chi connectivity index (χ3n) is 4.17. The zero-order chi connectivity index (χ0) is 16.6. The molecule has 0 saturated carbocycles. The molecule has 5 heteroatoms. The van der Waals surface area contributed by atoms with Crippen molar-refractivity contribution in [3.05, 3.63) is 51.7 Å². The number of nitrogens with zero attached hydrogens (tertiary/aromatic N) is 2. The van der Waals surface area contributed by atoms with E-state index in [1.807, 2.05) is 44.4 Å². The van der Waals surface area contributed by atoms with Crippen molar-refractivity contribution in [3.8, 4) is 0 Å². The first-order chi connectivity index (χ1) is 11.0. The smallest absolute Gasteiger partial charge is 0.264 e. The van der Waals surface area contributed by atoms with Gasteiger partial charge in [-0.1, -0.05) is 12.1 Å². The standard InChI is InChI=1S/C18H20N2O2S/c1-12-9-13(2)11-15(10-12)20-7-6-19(14(3)17(20)21)18(22)16-5-4-8-23-16/h4-5,8-11,14H,6-7H2,1-3H3/t14-/m1/s1. The van der Waals surface area contributed by atoms with Gasteiger partial charge in [-0.15, -0.1) is 11.3 Å². The summed E-state index contributed by atoms with van der Waals surface area (Å²) < 4.78 is 0. The Morgan fingerprint density at radius 1 is 1.17 bits per heavy atom. The molecule has 2 amide bonds. The fourth-order valence-electron chi connectivity index (χ4n) is 3.05. The van der Waals surface area contributed by atoms with Gasteiger partial charge in [0, 0.05) is 18.8 Å². The van der Waals surface area contributed by atoms with Crippen LogP contribution < -0.4 is 4.90 Å². The van der Waals surface area contributed by atoms with E-state index >= 15 is 0 Å². The molecular weight excluding hydrogens is 308 g/mol. The van der Waals surface area contributed by atoms with Crippen LogP contribution in [0.3, 0.4) is 0 Å². The molecule has 0 aliphatic carbocycles. The summed E-state index contributed by atoms with van der Waals surface area (Å²) in [5.41, 5.74) is 3.19. The highest BCUT2D eigenvalue weighted by atomic mass is 32.1. The SMILES string of the molecule is Cc1cc(C)cc(N2CCN(C(=O)c3cccs3)[C@H](C)C2=O)c1. The Balaban J connectivity index is 1.82. The van der Waals surface area contributed by atoms with Gasteiger partial charge in [-0.3, -0.25) is 9.59 Å². The number of aryl methyl sites for hydroxylation is 2. The minimum atomic E-state index is -0.445. The Morgan fingerprint density at radius 3 is 2.48 bits per heavy atom. The second-order valence-corrected chi connectivity index (χ2v) is 6.94. The van der Waals surface area contributed by atoms with Crippen molar-refractivity contribution < 1.29 is 9.59 Å². The lowest BCUT2D eigenvalue weighted by Crippen LogP contribution is -2.57. The summed E-state index contributed by atoms with van der Waals surface area (Å²) in [6.07, 6.45) is 0. The highest BCUT2D eigenvalue weighted by molar-refractivity contribution is 7.12. The molecule has 2 heterocycles. The van der Waals surface area contributed by atoms with Crippen LogP contribution in [0.4, 0.5) is 5.69 Å². The topological polar surface area (TPSA) is 40.6 Å². The Labute approximate surface area is 140 Å². The first-order valence-electron chi connectivity index (χ1n) is 7.71. The van der Waals surface area contributed by atoms with Gasteiger partial charge in [0.25, 0.3) is 5.91 Å². The molecule has 1 fully saturated rings.